The number of fused-ring (bicyclic) bond motifs is 3. The van der Waals surface area contributed by atoms with E-state index in [1.165, 1.54) is 0 Å². The molecule has 0 saturated carbocycles. The van der Waals surface area contributed by atoms with Gasteiger partial charge in [0.2, 0.25) is 0 Å². The van der Waals surface area contributed by atoms with Crippen molar-refractivity contribution in [1.82, 2.24) is 0 Å². The Hall–Kier alpha value is -1.96. The summed E-state index contributed by atoms with van der Waals surface area (Å²) in [5.74, 6) is 0.197. The number of rotatable bonds is 0. The third kappa shape index (κ3) is 1.05. The van der Waals surface area contributed by atoms with E-state index in [-0.39, 0.29) is 5.75 Å². The molecule has 1 N–H and O–H groups in total. The van der Waals surface area contributed by atoms with Gasteiger partial charge in [-0.05, 0) is 18.6 Å². The number of hydrogen-bond acceptors (Lipinski definition) is 2. The molecule has 0 amide bonds. The summed E-state index contributed by atoms with van der Waals surface area (Å²) < 4.78 is 5.66. The largest absolute Gasteiger partial charge is 0.504 e. The Morgan fingerprint density at radius 2 is 1.60 bits per heavy atom. The average Bonchev–Trinajstić information content (AvgIpc) is 2.60. The van der Waals surface area contributed by atoms with E-state index < -0.39 is 0 Å². The first-order valence-electron chi connectivity index (χ1n) is 4.87. The summed E-state index contributed by atoms with van der Waals surface area (Å²) in [6.07, 6.45) is 0. The van der Waals surface area contributed by atoms with Crippen molar-refractivity contribution in [1.29, 1.82) is 0 Å². The van der Waals surface area contributed by atoms with Crippen molar-refractivity contribution in [2.45, 2.75) is 6.92 Å². The van der Waals surface area contributed by atoms with E-state index in [0.717, 1.165) is 21.9 Å². The summed E-state index contributed by atoms with van der Waals surface area (Å²) in [6, 6.07) is 11.4. The molecule has 74 valence electrons. The van der Waals surface area contributed by atoms with Crippen LogP contribution < -0.4 is 0 Å². The molecule has 15 heavy (non-hydrogen) atoms. The summed E-state index contributed by atoms with van der Waals surface area (Å²) in [7, 11) is 0. The maximum atomic E-state index is 9.67. The normalized spacial score (nSPS) is 11.3. The number of para-hydroxylation sites is 2. The van der Waals surface area contributed by atoms with Crippen LogP contribution in [0.15, 0.2) is 40.8 Å². The van der Waals surface area contributed by atoms with Crippen molar-refractivity contribution in [3.8, 4) is 5.75 Å². The second-order valence-electron chi connectivity index (χ2n) is 3.71. The molecule has 0 bridgehead atoms. The van der Waals surface area contributed by atoms with Gasteiger partial charge in [0.1, 0.15) is 5.58 Å². The Bertz CT molecular complexity index is 594. The lowest BCUT2D eigenvalue weighted by Crippen LogP contribution is -1.70. The molecule has 0 radical (unpaired) electrons. The number of phenolic OH excluding ortho intramolecular Hbond substituents is 1. The fraction of sp³-hybridized carbons (Fsp3) is 0.0769. The van der Waals surface area contributed by atoms with E-state index in [1.807, 2.05) is 37.3 Å². The molecule has 3 rings (SSSR count). The van der Waals surface area contributed by atoms with Crippen LogP contribution in [0.4, 0.5) is 0 Å². The van der Waals surface area contributed by atoms with Gasteiger partial charge in [0, 0.05) is 10.8 Å². The van der Waals surface area contributed by atoms with Crippen LogP contribution in [-0.4, -0.2) is 5.11 Å². The van der Waals surface area contributed by atoms with Crippen LogP contribution >= 0.6 is 0 Å². The maximum absolute atomic E-state index is 9.67. The highest BCUT2D eigenvalue weighted by atomic mass is 16.4. The highest BCUT2D eigenvalue weighted by molar-refractivity contribution is 6.07. The van der Waals surface area contributed by atoms with Gasteiger partial charge < -0.3 is 9.52 Å². The Morgan fingerprint density at radius 3 is 2.40 bits per heavy atom. The first-order chi connectivity index (χ1) is 7.27. The molecule has 0 aliphatic carbocycles. The van der Waals surface area contributed by atoms with E-state index >= 15 is 0 Å². The van der Waals surface area contributed by atoms with Crippen molar-refractivity contribution >= 4 is 21.9 Å². The van der Waals surface area contributed by atoms with Gasteiger partial charge in [0.05, 0.1) is 0 Å². The van der Waals surface area contributed by atoms with Gasteiger partial charge in [0.25, 0.3) is 0 Å². The van der Waals surface area contributed by atoms with E-state index in [1.54, 1.807) is 6.07 Å². The van der Waals surface area contributed by atoms with E-state index in [4.69, 9.17) is 4.42 Å². The molecule has 1 heterocycles. The van der Waals surface area contributed by atoms with Crippen molar-refractivity contribution in [2.24, 2.45) is 0 Å². The number of aromatic hydroxyl groups is 1. The molecule has 3 aromatic rings. The quantitative estimate of drug-likeness (QED) is 0.598. The summed E-state index contributed by atoms with van der Waals surface area (Å²) in [6.45, 7) is 2.00. The van der Waals surface area contributed by atoms with Crippen LogP contribution in [0.2, 0.25) is 0 Å². The molecule has 0 aliphatic rings. The van der Waals surface area contributed by atoms with Crippen LogP contribution in [-0.2, 0) is 0 Å². The third-order valence-corrected chi connectivity index (χ3v) is 2.70. The number of furan rings is 1. The number of phenols is 1. The minimum Gasteiger partial charge on any atom is -0.504 e. The van der Waals surface area contributed by atoms with Crippen LogP contribution in [0, 0.1) is 6.92 Å². The van der Waals surface area contributed by atoms with Crippen molar-refractivity contribution < 1.29 is 9.52 Å². The molecule has 0 unspecified atom stereocenters. The lowest BCUT2D eigenvalue weighted by molar-refractivity contribution is 0.468. The molecule has 0 spiro atoms. The molecule has 0 fully saturated rings. The van der Waals surface area contributed by atoms with Gasteiger partial charge in [-0.25, -0.2) is 0 Å². The maximum Gasteiger partial charge on any atom is 0.177 e. The SMILES string of the molecule is Cc1cccc2c1oc1c(O)cccc12. The van der Waals surface area contributed by atoms with Crippen LogP contribution in [0.25, 0.3) is 21.9 Å². The lowest BCUT2D eigenvalue weighted by atomic mass is 10.1. The first kappa shape index (κ1) is 8.36. The Kier molecular flexibility index (Phi) is 1.54. The molecular formula is C13H10O2. The second-order valence-corrected chi connectivity index (χ2v) is 3.71. The third-order valence-electron chi connectivity index (χ3n) is 2.70. The van der Waals surface area contributed by atoms with Gasteiger partial charge in [-0.1, -0.05) is 30.3 Å². The second kappa shape index (κ2) is 2.76. The summed E-state index contributed by atoms with van der Waals surface area (Å²) >= 11 is 0. The van der Waals surface area contributed by atoms with Crippen molar-refractivity contribution in [3.05, 3.63) is 42.0 Å². The summed E-state index contributed by atoms with van der Waals surface area (Å²) in [4.78, 5) is 0. The minimum atomic E-state index is 0.197. The van der Waals surface area contributed by atoms with Gasteiger partial charge in [-0.2, -0.15) is 0 Å². The van der Waals surface area contributed by atoms with E-state index in [9.17, 15) is 5.11 Å². The number of hydrogen-bond donors (Lipinski definition) is 1. The molecule has 2 nitrogen and oxygen atoms in total. The molecule has 0 aliphatic heterocycles. The van der Waals surface area contributed by atoms with Crippen LogP contribution in [0.1, 0.15) is 5.56 Å². The minimum absolute atomic E-state index is 0.197. The van der Waals surface area contributed by atoms with Gasteiger partial charge >= 0.3 is 0 Å². The molecule has 2 heteroatoms. The van der Waals surface area contributed by atoms with Gasteiger partial charge in [0.15, 0.2) is 11.3 Å². The predicted molar refractivity (Wildman–Crippen MR) is 60.1 cm³/mol. The highest BCUT2D eigenvalue weighted by Gasteiger charge is 2.10. The topological polar surface area (TPSA) is 33.4 Å². The fourth-order valence-electron chi connectivity index (χ4n) is 1.95. The zero-order valence-electron chi connectivity index (χ0n) is 8.32. The molecule has 1 aromatic heterocycles. The Labute approximate surface area is 86.7 Å². The van der Waals surface area contributed by atoms with E-state index in [0.29, 0.717) is 5.58 Å². The van der Waals surface area contributed by atoms with Gasteiger partial charge in [-0.15, -0.1) is 0 Å². The lowest BCUT2D eigenvalue weighted by Gasteiger charge is -1.91. The molecule has 2 aromatic carbocycles. The van der Waals surface area contributed by atoms with E-state index in [2.05, 4.69) is 0 Å². The standard InChI is InChI=1S/C13H10O2/c1-8-4-2-5-9-10-6-3-7-11(14)13(10)15-12(8)9/h2-7,14H,1H3. The molecule has 0 atom stereocenters. The first-order valence-corrected chi connectivity index (χ1v) is 4.87. The predicted octanol–water partition coefficient (Wildman–Crippen LogP) is 3.60. The molecule has 0 saturated heterocycles. The Morgan fingerprint density at radius 1 is 0.933 bits per heavy atom. The van der Waals surface area contributed by atoms with Crippen molar-refractivity contribution in [2.75, 3.05) is 0 Å². The summed E-state index contributed by atoms with van der Waals surface area (Å²) in [5.41, 5.74) is 2.51. The van der Waals surface area contributed by atoms with Crippen LogP contribution in [0.5, 0.6) is 5.75 Å². The zero-order chi connectivity index (χ0) is 10.4. The van der Waals surface area contributed by atoms with Gasteiger partial charge in [-0.3, -0.25) is 0 Å². The highest BCUT2D eigenvalue weighted by Crippen LogP contribution is 2.34. The van der Waals surface area contributed by atoms with Crippen LogP contribution in [0.3, 0.4) is 0 Å². The molecular weight excluding hydrogens is 188 g/mol. The zero-order valence-corrected chi connectivity index (χ0v) is 8.32. The number of benzene rings is 2. The fourth-order valence-corrected chi connectivity index (χ4v) is 1.95. The number of aryl methyl sites for hydroxylation is 1. The smallest absolute Gasteiger partial charge is 0.177 e. The monoisotopic (exact) mass is 198 g/mol. The average molecular weight is 198 g/mol. The van der Waals surface area contributed by atoms with Crippen molar-refractivity contribution in [3.63, 3.8) is 0 Å². The summed E-state index contributed by atoms with van der Waals surface area (Å²) in [5, 5.41) is 11.7. The Balaban J connectivity index is 2.63.